The maximum absolute atomic E-state index is 13.4. The molecule has 10 nitrogen and oxygen atoms in total. The average Bonchev–Trinajstić information content (AvgIpc) is 3.64. The van der Waals surface area contributed by atoms with Crippen LogP contribution in [-0.4, -0.2) is 70.1 Å². The van der Waals surface area contributed by atoms with Crippen LogP contribution in [-0.2, 0) is 11.3 Å². The van der Waals surface area contributed by atoms with Gasteiger partial charge >= 0.3 is 6.09 Å². The number of aromatic nitrogens is 4. The monoisotopic (exact) mass is 588 g/mol. The van der Waals surface area contributed by atoms with Crippen molar-refractivity contribution in [1.82, 2.24) is 25.5 Å². The van der Waals surface area contributed by atoms with Crippen molar-refractivity contribution in [2.24, 2.45) is 0 Å². The number of nitrogens with zero attached hydrogens (tertiary/aromatic N) is 5. The van der Waals surface area contributed by atoms with E-state index < -0.39 is 11.4 Å². The molecule has 0 radical (unpaired) electrons. The second-order valence-electron chi connectivity index (χ2n) is 10.6. The minimum atomic E-state index is -0.524. The van der Waals surface area contributed by atoms with Crippen molar-refractivity contribution in [2.75, 3.05) is 37.7 Å². The Hall–Kier alpha value is -4.51. The number of allylic oxidation sites excluding steroid dienone is 5. The predicted octanol–water partition coefficient (Wildman–Crippen LogP) is 6.10. The molecule has 0 bridgehead atoms. The number of nitrogens with one attached hydrogen (secondary N) is 1. The number of H-pyrrole nitrogens is 1. The highest BCUT2D eigenvalue weighted by Gasteiger charge is 2.47. The van der Waals surface area contributed by atoms with Crippen molar-refractivity contribution >= 4 is 17.4 Å². The van der Waals surface area contributed by atoms with Gasteiger partial charge in [0, 0.05) is 43.7 Å². The van der Waals surface area contributed by atoms with Crippen LogP contribution in [0.1, 0.15) is 44.7 Å². The van der Waals surface area contributed by atoms with Gasteiger partial charge in [0.05, 0.1) is 25.3 Å². The number of hydrogen-bond donors (Lipinski definition) is 1. The largest absolute Gasteiger partial charge is 0.493 e. The molecule has 1 aromatic heterocycles. The van der Waals surface area contributed by atoms with E-state index in [0.29, 0.717) is 43.6 Å². The molecule has 5 rings (SSSR count). The SMILES string of the molecule is C=C(F)C=CC(=CC)c1c(OCC)cc(CN2CCC3(CC2)CN(c2ccc(-c4nn[nH]n4)cc2)C(=O)O3)cc1OCC. The van der Waals surface area contributed by atoms with Crippen LogP contribution in [0.2, 0.25) is 0 Å². The first-order valence-corrected chi connectivity index (χ1v) is 14.5. The molecule has 11 heteroatoms. The molecule has 1 N–H and O–H groups in total. The van der Waals surface area contributed by atoms with E-state index >= 15 is 0 Å². The number of aromatic amines is 1. The Labute approximate surface area is 250 Å². The highest BCUT2D eigenvalue weighted by Crippen LogP contribution is 2.40. The minimum Gasteiger partial charge on any atom is -0.493 e. The predicted molar refractivity (Wildman–Crippen MR) is 163 cm³/mol. The topological polar surface area (TPSA) is 106 Å². The molecule has 226 valence electrons. The lowest BCUT2D eigenvalue weighted by Gasteiger charge is -2.37. The maximum atomic E-state index is 13.4. The number of ether oxygens (including phenoxy) is 3. The van der Waals surface area contributed by atoms with Crippen molar-refractivity contribution in [3.63, 3.8) is 0 Å². The van der Waals surface area contributed by atoms with Gasteiger partial charge in [-0.3, -0.25) is 9.80 Å². The molecule has 0 aliphatic carbocycles. The Kier molecular flexibility index (Phi) is 9.20. The molecule has 1 spiro atoms. The van der Waals surface area contributed by atoms with E-state index in [1.807, 2.05) is 63.2 Å². The van der Waals surface area contributed by atoms with Crippen LogP contribution in [0.15, 0.2) is 67.0 Å². The summed E-state index contributed by atoms with van der Waals surface area (Å²) >= 11 is 0. The van der Waals surface area contributed by atoms with E-state index in [2.05, 4.69) is 32.1 Å². The first-order chi connectivity index (χ1) is 20.8. The Morgan fingerprint density at radius 3 is 2.35 bits per heavy atom. The molecule has 0 atom stereocenters. The van der Waals surface area contributed by atoms with Gasteiger partial charge in [0.15, 0.2) is 0 Å². The molecule has 0 saturated carbocycles. The molecule has 2 aliphatic heterocycles. The summed E-state index contributed by atoms with van der Waals surface area (Å²) in [7, 11) is 0. The summed E-state index contributed by atoms with van der Waals surface area (Å²) in [5.41, 5.74) is 3.68. The van der Waals surface area contributed by atoms with Crippen molar-refractivity contribution in [3.05, 3.63) is 78.2 Å². The number of amides is 1. The number of benzene rings is 2. The van der Waals surface area contributed by atoms with Gasteiger partial charge in [-0.15, -0.1) is 10.2 Å². The third kappa shape index (κ3) is 6.77. The highest BCUT2D eigenvalue weighted by atomic mass is 19.1. The van der Waals surface area contributed by atoms with E-state index in [4.69, 9.17) is 14.2 Å². The number of hydrogen-bond acceptors (Lipinski definition) is 8. The number of anilines is 1. The quantitative estimate of drug-likeness (QED) is 0.268. The van der Waals surface area contributed by atoms with Crippen LogP contribution < -0.4 is 14.4 Å². The van der Waals surface area contributed by atoms with Crippen molar-refractivity contribution in [2.45, 2.75) is 45.8 Å². The molecular formula is C32H37FN6O4. The molecule has 2 saturated heterocycles. The van der Waals surface area contributed by atoms with Gasteiger partial charge in [0.2, 0.25) is 5.82 Å². The van der Waals surface area contributed by atoms with Crippen LogP contribution in [0, 0.1) is 0 Å². The van der Waals surface area contributed by atoms with E-state index in [0.717, 1.165) is 53.9 Å². The molecule has 3 aromatic rings. The second kappa shape index (κ2) is 13.2. The number of tetrazole rings is 1. The van der Waals surface area contributed by atoms with Crippen molar-refractivity contribution in [1.29, 1.82) is 0 Å². The summed E-state index contributed by atoms with van der Waals surface area (Å²) in [4.78, 5) is 17.0. The van der Waals surface area contributed by atoms with Crippen LogP contribution in [0.5, 0.6) is 11.5 Å². The first-order valence-electron chi connectivity index (χ1n) is 14.5. The number of carbonyl (C=O) groups excluding carboxylic acids is 1. The number of carbonyl (C=O) groups is 1. The summed E-state index contributed by atoms with van der Waals surface area (Å²) in [6.07, 6.45) is 6.04. The molecule has 1 amide bonds. The fraction of sp³-hybridized carbons (Fsp3) is 0.375. The van der Waals surface area contributed by atoms with E-state index in [9.17, 15) is 9.18 Å². The standard InChI is InChI=1S/C32H37FN6O4/c1-5-24(9-8-22(4)33)29-27(41-6-2)18-23(19-28(29)42-7-3)20-38-16-14-32(15-17-38)21-39(31(40)43-32)26-12-10-25(11-13-26)30-34-36-37-35-30/h5,8-13,18-19H,4,6-7,14-17,20-21H2,1-3H3,(H,34,35,36,37). The zero-order chi connectivity index (χ0) is 30.4. The van der Waals surface area contributed by atoms with Crippen LogP contribution in [0.4, 0.5) is 14.9 Å². The first kappa shape index (κ1) is 30.0. The van der Waals surface area contributed by atoms with Crippen molar-refractivity contribution < 1.29 is 23.4 Å². The minimum absolute atomic E-state index is 0.329. The van der Waals surface area contributed by atoms with Gasteiger partial charge in [-0.2, -0.15) is 5.21 Å². The fourth-order valence-corrected chi connectivity index (χ4v) is 5.60. The summed E-state index contributed by atoms with van der Waals surface area (Å²) in [5, 5.41) is 14.0. The number of likely N-dealkylation sites (tertiary alicyclic amines) is 1. The third-order valence-corrected chi connectivity index (χ3v) is 7.70. The molecule has 3 heterocycles. The zero-order valence-electron chi connectivity index (χ0n) is 24.8. The average molecular weight is 589 g/mol. The maximum Gasteiger partial charge on any atom is 0.415 e. The summed E-state index contributed by atoms with van der Waals surface area (Å²) in [6, 6.07) is 11.5. The molecule has 2 aromatic carbocycles. The van der Waals surface area contributed by atoms with Crippen molar-refractivity contribution in [3.8, 4) is 22.9 Å². The Bertz CT molecular complexity index is 1470. The highest BCUT2D eigenvalue weighted by molar-refractivity contribution is 5.90. The third-order valence-electron chi connectivity index (χ3n) is 7.70. The smallest absolute Gasteiger partial charge is 0.415 e. The van der Waals surface area contributed by atoms with Gasteiger partial charge < -0.3 is 14.2 Å². The van der Waals surface area contributed by atoms with Crippen LogP contribution in [0.3, 0.4) is 0 Å². The summed E-state index contributed by atoms with van der Waals surface area (Å²) in [5.74, 6) is 1.34. The Morgan fingerprint density at radius 1 is 1.12 bits per heavy atom. The van der Waals surface area contributed by atoms with E-state index in [1.165, 1.54) is 6.08 Å². The summed E-state index contributed by atoms with van der Waals surface area (Å²) in [6.45, 7) is 12.8. The Morgan fingerprint density at radius 2 is 1.79 bits per heavy atom. The van der Waals surface area contributed by atoms with E-state index in [-0.39, 0.29) is 6.09 Å². The van der Waals surface area contributed by atoms with Crippen LogP contribution in [0.25, 0.3) is 17.0 Å². The lowest BCUT2D eigenvalue weighted by atomic mass is 9.91. The molecule has 2 aliphatic rings. The summed E-state index contributed by atoms with van der Waals surface area (Å²) < 4.78 is 31.5. The normalized spacial score (nSPS) is 17.1. The lowest BCUT2D eigenvalue weighted by Crippen LogP contribution is -2.46. The van der Waals surface area contributed by atoms with Gasteiger partial charge in [-0.05, 0) is 79.6 Å². The number of rotatable bonds is 11. The van der Waals surface area contributed by atoms with Gasteiger partial charge in [0.1, 0.15) is 22.9 Å². The zero-order valence-corrected chi connectivity index (χ0v) is 24.8. The van der Waals surface area contributed by atoms with Crippen LogP contribution >= 0.6 is 0 Å². The van der Waals surface area contributed by atoms with Gasteiger partial charge in [-0.25, -0.2) is 9.18 Å². The van der Waals surface area contributed by atoms with E-state index in [1.54, 1.807) is 11.0 Å². The van der Waals surface area contributed by atoms with Gasteiger partial charge in [0.25, 0.3) is 0 Å². The van der Waals surface area contributed by atoms with Gasteiger partial charge in [-0.1, -0.05) is 18.7 Å². The fourth-order valence-electron chi connectivity index (χ4n) is 5.60. The molecule has 0 unspecified atom stereocenters. The Balaban J connectivity index is 1.28. The lowest BCUT2D eigenvalue weighted by molar-refractivity contribution is -0.00101. The molecule has 2 fully saturated rings. The number of piperidine rings is 1. The second-order valence-corrected chi connectivity index (χ2v) is 10.6. The molecular weight excluding hydrogens is 551 g/mol. The molecule has 43 heavy (non-hydrogen) atoms. The number of halogens is 1.